The van der Waals surface area contributed by atoms with Crippen molar-refractivity contribution in [3.63, 3.8) is 0 Å². The van der Waals surface area contributed by atoms with E-state index in [4.69, 9.17) is 4.74 Å². The van der Waals surface area contributed by atoms with Crippen molar-refractivity contribution in [1.82, 2.24) is 5.32 Å². The first-order valence-corrected chi connectivity index (χ1v) is 4.81. The fourth-order valence-corrected chi connectivity index (χ4v) is 1.11. The Bertz CT molecular complexity index is 341. The summed E-state index contributed by atoms with van der Waals surface area (Å²) < 4.78 is 5.00. The van der Waals surface area contributed by atoms with Crippen LogP contribution in [0.15, 0.2) is 36.4 Å². The van der Waals surface area contributed by atoms with Gasteiger partial charge >= 0.3 is 0 Å². The highest BCUT2D eigenvalue weighted by Crippen LogP contribution is 2.10. The molecule has 1 aromatic rings. The van der Waals surface area contributed by atoms with Crippen molar-refractivity contribution in [2.24, 2.45) is 0 Å². The van der Waals surface area contributed by atoms with E-state index < -0.39 is 0 Å². The minimum atomic E-state index is -0.0734. The van der Waals surface area contributed by atoms with E-state index in [2.05, 4.69) is 5.32 Å². The number of allylic oxidation sites excluding steroid dienone is 1. The molecule has 1 rings (SSSR count). The highest BCUT2D eigenvalue weighted by atomic mass is 16.5. The van der Waals surface area contributed by atoms with Crippen molar-refractivity contribution >= 4 is 5.91 Å². The van der Waals surface area contributed by atoms with Crippen LogP contribution in [0.2, 0.25) is 0 Å². The molecule has 3 heteroatoms. The summed E-state index contributed by atoms with van der Waals surface area (Å²) in [5.74, 6) is 0.677. The lowest BCUT2D eigenvalue weighted by molar-refractivity contribution is 0.0958. The van der Waals surface area contributed by atoms with Crippen LogP contribution in [-0.2, 0) is 0 Å². The molecule has 80 valence electrons. The van der Waals surface area contributed by atoms with Crippen LogP contribution >= 0.6 is 0 Å². The van der Waals surface area contributed by atoms with E-state index in [0.717, 1.165) is 5.75 Å². The largest absolute Gasteiger partial charge is 0.497 e. The van der Waals surface area contributed by atoms with Crippen LogP contribution in [0.25, 0.3) is 0 Å². The average Bonchev–Trinajstić information content (AvgIpc) is 2.29. The molecule has 0 heterocycles. The number of nitrogens with one attached hydrogen (secondary N) is 1. The van der Waals surface area contributed by atoms with Gasteiger partial charge in [-0.3, -0.25) is 4.79 Å². The molecule has 0 fully saturated rings. The quantitative estimate of drug-likeness (QED) is 0.763. The van der Waals surface area contributed by atoms with Crippen molar-refractivity contribution in [1.29, 1.82) is 0 Å². The van der Waals surface area contributed by atoms with Gasteiger partial charge in [-0.1, -0.05) is 12.2 Å². The lowest BCUT2D eigenvalue weighted by atomic mass is 10.2. The van der Waals surface area contributed by atoms with Gasteiger partial charge in [-0.05, 0) is 31.2 Å². The van der Waals surface area contributed by atoms with Gasteiger partial charge in [-0.2, -0.15) is 0 Å². The number of carbonyl (C=O) groups is 1. The first kappa shape index (κ1) is 11.3. The Morgan fingerprint density at radius 1 is 1.40 bits per heavy atom. The van der Waals surface area contributed by atoms with Crippen LogP contribution in [-0.4, -0.2) is 19.6 Å². The summed E-state index contributed by atoms with van der Waals surface area (Å²) >= 11 is 0. The molecule has 1 N–H and O–H groups in total. The predicted octanol–water partition coefficient (Wildman–Crippen LogP) is 2.00. The number of methoxy groups -OCH3 is 1. The van der Waals surface area contributed by atoms with Gasteiger partial charge in [0.25, 0.3) is 5.91 Å². The Balaban J connectivity index is 2.58. The topological polar surface area (TPSA) is 38.3 Å². The van der Waals surface area contributed by atoms with E-state index in [-0.39, 0.29) is 5.91 Å². The van der Waals surface area contributed by atoms with Crippen LogP contribution in [0.4, 0.5) is 0 Å². The summed E-state index contributed by atoms with van der Waals surface area (Å²) in [6.07, 6.45) is 3.79. The average molecular weight is 205 g/mol. The number of rotatable bonds is 4. The van der Waals surface area contributed by atoms with E-state index in [1.165, 1.54) is 0 Å². The molecule has 0 aliphatic heterocycles. The number of hydrogen-bond donors (Lipinski definition) is 1. The van der Waals surface area contributed by atoms with Crippen LogP contribution in [0.5, 0.6) is 5.75 Å². The fourth-order valence-electron chi connectivity index (χ4n) is 1.11. The van der Waals surface area contributed by atoms with Gasteiger partial charge in [-0.25, -0.2) is 0 Å². The number of benzene rings is 1. The third-order valence-electron chi connectivity index (χ3n) is 1.97. The summed E-state index contributed by atoms with van der Waals surface area (Å²) in [5, 5.41) is 2.77. The van der Waals surface area contributed by atoms with E-state index >= 15 is 0 Å². The standard InChI is InChI=1S/C12H15NO2/c1-3-4-9-13-12(14)10-5-7-11(15-2)8-6-10/h3-8H,9H2,1-2H3,(H,13,14)/b4-3+. The molecule has 0 bridgehead atoms. The zero-order chi connectivity index (χ0) is 11.1. The lowest BCUT2D eigenvalue weighted by Crippen LogP contribution is -2.23. The summed E-state index contributed by atoms with van der Waals surface area (Å²) in [5.41, 5.74) is 0.639. The van der Waals surface area contributed by atoms with Crippen LogP contribution < -0.4 is 10.1 Å². The maximum atomic E-state index is 11.5. The Morgan fingerprint density at radius 3 is 2.60 bits per heavy atom. The van der Waals surface area contributed by atoms with Crippen LogP contribution in [0.3, 0.4) is 0 Å². The molecule has 0 unspecified atom stereocenters. The summed E-state index contributed by atoms with van der Waals surface area (Å²) in [6, 6.07) is 7.02. The number of hydrogen-bond acceptors (Lipinski definition) is 2. The molecule has 15 heavy (non-hydrogen) atoms. The van der Waals surface area contributed by atoms with E-state index in [1.54, 1.807) is 31.4 Å². The van der Waals surface area contributed by atoms with Crippen molar-refractivity contribution in [2.45, 2.75) is 6.92 Å². The third-order valence-corrected chi connectivity index (χ3v) is 1.97. The summed E-state index contributed by atoms with van der Waals surface area (Å²) in [7, 11) is 1.60. The predicted molar refractivity (Wildman–Crippen MR) is 60.1 cm³/mol. The smallest absolute Gasteiger partial charge is 0.251 e. The monoisotopic (exact) mass is 205 g/mol. The molecule has 0 aliphatic rings. The molecule has 1 aromatic carbocycles. The SMILES string of the molecule is C/C=C/CNC(=O)c1ccc(OC)cc1. The maximum absolute atomic E-state index is 11.5. The Kier molecular flexibility index (Phi) is 4.41. The zero-order valence-corrected chi connectivity index (χ0v) is 8.99. The third kappa shape index (κ3) is 3.46. The van der Waals surface area contributed by atoms with Gasteiger partial charge in [0.1, 0.15) is 5.75 Å². The number of carbonyl (C=O) groups excluding carboxylic acids is 1. The molecule has 0 aromatic heterocycles. The normalized spacial score (nSPS) is 10.3. The molecular weight excluding hydrogens is 190 g/mol. The molecule has 0 aliphatic carbocycles. The fraction of sp³-hybridized carbons (Fsp3) is 0.250. The minimum absolute atomic E-state index is 0.0734. The Labute approximate surface area is 89.8 Å². The molecule has 0 radical (unpaired) electrons. The van der Waals surface area contributed by atoms with Crippen molar-refractivity contribution in [3.8, 4) is 5.75 Å². The second kappa shape index (κ2) is 5.86. The van der Waals surface area contributed by atoms with E-state index in [9.17, 15) is 4.79 Å². The molecule has 1 amide bonds. The highest BCUT2D eigenvalue weighted by Gasteiger charge is 2.03. The van der Waals surface area contributed by atoms with Gasteiger partial charge in [0, 0.05) is 12.1 Å². The molecule has 0 saturated heterocycles. The van der Waals surface area contributed by atoms with Crippen molar-refractivity contribution < 1.29 is 9.53 Å². The molecule has 3 nitrogen and oxygen atoms in total. The van der Waals surface area contributed by atoms with E-state index in [1.807, 2.05) is 19.1 Å². The van der Waals surface area contributed by atoms with Crippen molar-refractivity contribution in [2.75, 3.05) is 13.7 Å². The van der Waals surface area contributed by atoms with Gasteiger partial charge in [0.2, 0.25) is 0 Å². The minimum Gasteiger partial charge on any atom is -0.497 e. The molecule has 0 saturated carbocycles. The summed E-state index contributed by atoms with van der Waals surface area (Å²) in [6.45, 7) is 2.47. The van der Waals surface area contributed by atoms with Gasteiger partial charge in [-0.15, -0.1) is 0 Å². The van der Waals surface area contributed by atoms with E-state index in [0.29, 0.717) is 12.1 Å². The van der Waals surface area contributed by atoms with Crippen LogP contribution in [0.1, 0.15) is 17.3 Å². The molecule has 0 atom stereocenters. The second-order valence-corrected chi connectivity index (χ2v) is 3.01. The van der Waals surface area contributed by atoms with Crippen molar-refractivity contribution in [3.05, 3.63) is 42.0 Å². The summed E-state index contributed by atoms with van der Waals surface area (Å²) in [4.78, 5) is 11.5. The first-order chi connectivity index (χ1) is 7.27. The zero-order valence-electron chi connectivity index (χ0n) is 8.99. The van der Waals surface area contributed by atoms with Crippen LogP contribution in [0, 0.1) is 0 Å². The second-order valence-electron chi connectivity index (χ2n) is 3.01. The maximum Gasteiger partial charge on any atom is 0.251 e. The Morgan fingerprint density at radius 2 is 2.07 bits per heavy atom. The highest BCUT2D eigenvalue weighted by molar-refractivity contribution is 5.94. The Hall–Kier alpha value is -1.77. The molecular formula is C12H15NO2. The lowest BCUT2D eigenvalue weighted by Gasteiger charge is -2.03. The van der Waals surface area contributed by atoms with Gasteiger partial charge in [0.05, 0.1) is 7.11 Å². The molecule has 0 spiro atoms. The first-order valence-electron chi connectivity index (χ1n) is 4.81. The van der Waals surface area contributed by atoms with Gasteiger partial charge in [0.15, 0.2) is 0 Å². The number of ether oxygens (including phenoxy) is 1. The van der Waals surface area contributed by atoms with Gasteiger partial charge < -0.3 is 10.1 Å². The number of amides is 1.